The summed E-state index contributed by atoms with van der Waals surface area (Å²) in [6.07, 6.45) is 10.7. The van der Waals surface area contributed by atoms with Crippen LogP contribution in [0.1, 0.15) is 41.5 Å². The van der Waals surface area contributed by atoms with Crippen molar-refractivity contribution in [3.8, 4) is 16.9 Å². The molecule has 1 aliphatic carbocycles. The predicted molar refractivity (Wildman–Crippen MR) is 190 cm³/mol. The van der Waals surface area contributed by atoms with Crippen molar-refractivity contribution in [1.29, 1.82) is 0 Å². The number of hydrogen-bond donors (Lipinski definition) is 5. The van der Waals surface area contributed by atoms with Crippen molar-refractivity contribution in [3.05, 3.63) is 156 Å². The molecule has 0 radical (unpaired) electrons. The summed E-state index contributed by atoms with van der Waals surface area (Å²) in [7, 11) is 0. The van der Waals surface area contributed by atoms with Gasteiger partial charge in [-0.15, -0.1) is 0 Å². The summed E-state index contributed by atoms with van der Waals surface area (Å²) >= 11 is 3.53. The molecule has 8 N–H and O–H groups in total. The molecule has 0 spiro atoms. The molecule has 5 aromatic carbocycles. The highest BCUT2D eigenvalue weighted by Gasteiger charge is 2.25. The van der Waals surface area contributed by atoms with Crippen LogP contribution in [-0.2, 0) is 6.61 Å². The maximum absolute atomic E-state index is 7.07. The van der Waals surface area contributed by atoms with Crippen LogP contribution in [0.2, 0.25) is 0 Å². The molecule has 2 atom stereocenters. The van der Waals surface area contributed by atoms with Gasteiger partial charge >= 0.3 is 0 Å². The Balaban J connectivity index is 0.00000106. The van der Waals surface area contributed by atoms with Gasteiger partial charge < -0.3 is 16.2 Å². The highest BCUT2D eigenvalue weighted by molar-refractivity contribution is 7.79. The maximum Gasteiger partial charge on any atom is 0.150 e. The molecule has 0 aliphatic heterocycles. The fraction of sp³-hybridized carbons (Fsp3) is 0.158. The molecule has 44 heavy (non-hydrogen) atoms. The summed E-state index contributed by atoms with van der Waals surface area (Å²) in [6, 6.07) is 39.6. The predicted octanol–water partition coefficient (Wildman–Crippen LogP) is 8.09. The standard InChI is InChI=1S/C37H34N2O.CH4S.H4N2/c38-34-22-21-27-19-20-31(24-33(27)37(34)40-25-26-11-4-1-5-12-26)30-17-10-18-32(23-30)36(39)35(28-13-6-2-7-14-28)29-15-8-3-9-16-29;2*1-2/h1-2,4-8,10-24,35-36H,3,9,25,38-39H2;2H,1H3;1-2H2. The Morgan fingerprint density at radius 1 is 0.727 bits per heavy atom. The van der Waals surface area contributed by atoms with E-state index in [1.54, 1.807) is 6.26 Å². The minimum absolute atomic E-state index is 0.0855. The highest BCUT2D eigenvalue weighted by atomic mass is 32.1. The molecule has 0 aromatic heterocycles. The zero-order valence-electron chi connectivity index (χ0n) is 25.1. The van der Waals surface area contributed by atoms with Gasteiger partial charge in [0.25, 0.3) is 0 Å². The molecule has 6 rings (SSSR count). The summed E-state index contributed by atoms with van der Waals surface area (Å²) in [5.74, 6) is 8.80. The molecule has 5 nitrogen and oxygen atoms in total. The summed E-state index contributed by atoms with van der Waals surface area (Å²) in [5, 5.41) is 2.09. The van der Waals surface area contributed by atoms with Gasteiger partial charge in [-0.05, 0) is 76.1 Å². The van der Waals surface area contributed by atoms with Crippen LogP contribution < -0.4 is 27.9 Å². The minimum atomic E-state index is -0.183. The molecule has 1 aliphatic rings. The quantitative estimate of drug-likeness (QED) is 0.0533. The van der Waals surface area contributed by atoms with Crippen molar-refractivity contribution >= 4 is 29.1 Å². The van der Waals surface area contributed by atoms with Crippen molar-refractivity contribution in [2.45, 2.75) is 31.4 Å². The number of thiol groups is 1. The Hall–Kier alpha value is -4.33. The van der Waals surface area contributed by atoms with E-state index in [4.69, 9.17) is 16.2 Å². The minimum Gasteiger partial charge on any atom is -0.486 e. The average Bonchev–Trinajstić information content (AvgIpc) is 3.11. The first kappa shape index (κ1) is 32.6. The van der Waals surface area contributed by atoms with Crippen LogP contribution in [0.25, 0.3) is 21.9 Å². The highest BCUT2D eigenvalue weighted by Crippen LogP contribution is 2.39. The first-order valence-corrected chi connectivity index (χ1v) is 15.6. The third kappa shape index (κ3) is 7.78. The Morgan fingerprint density at radius 2 is 1.39 bits per heavy atom. The van der Waals surface area contributed by atoms with Crippen molar-refractivity contribution in [2.75, 3.05) is 12.0 Å². The second-order valence-electron chi connectivity index (χ2n) is 10.4. The maximum atomic E-state index is 7.07. The topological polar surface area (TPSA) is 113 Å². The number of nitrogens with two attached hydrogens (primary N) is 4. The Morgan fingerprint density at radius 3 is 2.09 bits per heavy atom. The van der Waals surface area contributed by atoms with E-state index in [0.29, 0.717) is 12.3 Å². The van der Waals surface area contributed by atoms with Gasteiger partial charge in [-0.3, -0.25) is 11.7 Å². The van der Waals surface area contributed by atoms with E-state index in [9.17, 15) is 0 Å². The Labute approximate surface area is 266 Å². The Kier molecular flexibility index (Phi) is 12.2. The van der Waals surface area contributed by atoms with E-state index >= 15 is 0 Å². The van der Waals surface area contributed by atoms with Gasteiger partial charge in [0.15, 0.2) is 5.75 Å². The van der Waals surface area contributed by atoms with E-state index in [1.807, 2.05) is 30.3 Å². The largest absolute Gasteiger partial charge is 0.486 e. The molecular formula is C38H42N4OS. The zero-order valence-corrected chi connectivity index (χ0v) is 26.0. The Bertz CT molecular complexity index is 1690. The van der Waals surface area contributed by atoms with Crippen LogP contribution in [0.4, 0.5) is 5.69 Å². The summed E-state index contributed by atoms with van der Waals surface area (Å²) < 4.78 is 6.28. The number of anilines is 1. The van der Waals surface area contributed by atoms with Gasteiger partial charge in [0.2, 0.25) is 0 Å². The van der Waals surface area contributed by atoms with Gasteiger partial charge in [-0.25, -0.2) is 0 Å². The number of hydrazine groups is 1. The number of rotatable bonds is 8. The van der Waals surface area contributed by atoms with Crippen LogP contribution in [0.3, 0.4) is 0 Å². The van der Waals surface area contributed by atoms with E-state index in [-0.39, 0.29) is 12.0 Å². The normalized spacial score (nSPS) is 13.4. The number of ether oxygens (including phenoxy) is 1. The molecule has 226 valence electrons. The SMILES string of the molecule is CS.NN.Nc1ccc2ccc(-c3cccc(C(N)C(C4=CCCC=C4)c4ccccc4)c3)cc2c1OCc1ccccc1. The average molecular weight is 603 g/mol. The third-order valence-corrected chi connectivity index (χ3v) is 7.73. The summed E-state index contributed by atoms with van der Waals surface area (Å²) in [6.45, 7) is 0.462. The van der Waals surface area contributed by atoms with Gasteiger partial charge in [0.05, 0.1) is 5.69 Å². The molecule has 6 heteroatoms. The molecule has 0 heterocycles. The lowest BCUT2D eigenvalue weighted by Gasteiger charge is -2.28. The van der Waals surface area contributed by atoms with Crippen LogP contribution in [0, 0.1) is 0 Å². The second kappa shape index (κ2) is 16.5. The van der Waals surface area contributed by atoms with Gasteiger partial charge in [0.1, 0.15) is 6.61 Å². The van der Waals surface area contributed by atoms with Crippen LogP contribution in [-0.4, -0.2) is 6.26 Å². The lowest BCUT2D eigenvalue weighted by Crippen LogP contribution is -2.21. The van der Waals surface area contributed by atoms with E-state index < -0.39 is 0 Å². The first-order valence-electron chi connectivity index (χ1n) is 14.7. The van der Waals surface area contributed by atoms with Crippen LogP contribution in [0.5, 0.6) is 5.75 Å². The lowest BCUT2D eigenvalue weighted by atomic mass is 9.80. The zero-order chi connectivity index (χ0) is 31.3. The van der Waals surface area contributed by atoms with E-state index in [0.717, 1.165) is 51.6 Å². The molecule has 2 unspecified atom stereocenters. The molecule has 5 aromatic rings. The molecule has 0 bridgehead atoms. The number of nitrogen functional groups attached to an aromatic ring is 1. The monoisotopic (exact) mass is 602 g/mol. The molecular weight excluding hydrogens is 561 g/mol. The molecule has 0 fully saturated rings. The van der Waals surface area contributed by atoms with Gasteiger partial charge in [-0.2, -0.15) is 12.6 Å². The van der Waals surface area contributed by atoms with Crippen LogP contribution >= 0.6 is 12.6 Å². The molecule has 0 saturated carbocycles. The summed E-state index contributed by atoms with van der Waals surface area (Å²) in [4.78, 5) is 0. The van der Waals surface area contributed by atoms with Crippen molar-refractivity contribution < 1.29 is 4.74 Å². The van der Waals surface area contributed by atoms with Crippen molar-refractivity contribution in [3.63, 3.8) is 0 Å². The van der Waals surface area contributed by atoms with Crippen molar-refractivity contribution in [1.82, 2.24) is 0 Å². The number of allylic oxidation sites excluding steroid dienone is 3. The van der Waals surface area contributed by atoms with Gasteiger partial charge in [0, 0.05) is 17.3 Å². The number of fused-ring (bicyclic) bond motifs is 1. The number of benzene rings is 5. The van der Waals surface area contributed by atoms with Crippen LogP contribution in [0.15, 0.2) is 139 Å². The second-order valence-corrected chi connectivity index (χ2v) is 10.4. The fourth-order valence-electron chi connectivity index (χ4n) is 5.63. The molecule has 0 saturated heterocycles. The summed E-state index contributed by atoms with van der Waals surface area (Å²) in [5.41, 5.74) is 21.1. The first-order chi connectivity index (χ1) is 21.7. The van der Waals surface area contributed by atoms with E-state index in [2.05, 4.69) is 127 Å². The van der Waals surface area contributed by atoms with E-state index in [1.165, 1.54) is 11.1 Å². The molecule has 0 amide bonds. The van der Waals surface area contributed by atoms with Gasteiger partial charge in [-0.1, -0.05) is 115 Å². The lowest BCUT2D eigenvalue weighted by molar-refractivity contribution is 0.312. The van der Waals surface area contributed by atoms with Crippen molar-refractivity contribution in [2.24, 2.45) is 17.4 Å². The smallest absolute Gasteiger partial charge is 0.150 e. The number of hydrogen-bond acceptors (Lipinski definition) is 6. The third-order valence-electron chi connectivity index (χ3n) is 7.73. The fourth-order valence-corrected chi connectivity index (χ4v) is 5.63.